The van der Waals surface area contributed by atoms with Crippen molar-refractivity contribution in [1.82, 2.24) is 15.5 Å². The third-order valence-electron chi connectivity index (χ3n) is 4.66. The molecule has 0 radical (unpaired) electrons. The topological polar surface area (TPSA) is 58.1 Å². The van der Waals surface area contributed by atoms with E-state index in [4.69, 9.17) is 9.47 Å². The van der Waals surface area contributed by atoms with Gasteiger partial charge in [0.1, 0.15) is 12.4 Å². The number of hydrogen-bond acceptors (Lipinski definition) is 4. The summed E-state index contributed by atoms with van der Waals surface area (Å²) >= 11 is 0. The third kappa shape index (κ3) is 8.63. The van der Waals surface area contributed by atoms with Gasteiger partial charge >= 0.3 is 0 Å². The van der Waals surface area contributed by atoms with E-state index in [2.05, 4.69) is 40.4 Å². The van der Waals surface area contributed by atoms with Crippen LogP contribution in [-0.4, -0.2) is 63.9 Å². The Morgan fingerprint density at radius 3 is 2.74 bits per heavy atom. The summed E-state index contributed by atoms with van der Waals surface area (Å²) in [6, 6.07) is 8.20. The summed E-state index contributed by atoms with van der Waals surface area (Å²) in [5, 5.41) is 6.77. The number of rotatable bonds is 10. The predicted molar refractivity (Wildman–Crippen MR) is 111 cm³/mol. The van der Waals surface area contributed by atoms with Crippen LogP contribution >= 0.6 is 0 Å². The molecule has 2 N–H and O–H groups in total. The van der Waals surface area contributed by atoms with Crippen LogP contribution in [0.2, 0.25) is 0 Å². The smallest absolute Gasteiger partial charge is 0.191 e. The van der Waals surface area contributed by atoms with Crippen molar-refractivity contribution in [2.75, 3.05) is 53.0 Å². The normalized spacial score (nSPS) is 15.8. The van der Waals surface area contributed by atoms with Crippen molar-refractivity contribution in [3.63, 3.8) is 0 Å². The van der Waals surface area contributed by atoms with Crippen LogP contribution in [0, 0.1) is 5.92 Å². The molecule has 6 heteroatoms. The first-order valence-corrected chi connectivity index (χ1v) is 10.1. The number of aliphatic imine (C=N–C) groups is 1. The summed E-state index contributed by atoms with van der Waals surface area (Å²) in [5.74, 6) is 2.51. The number of morpholine rings is 1. The zero-order valence-corrected chi connectivity index (χ0v) is 17.2. The summed E-state index contributed by atoms with van der Waals surface area (Å²) < 4.78 is 11.4. The van der Waals surface area contributed by atoms with E-state index >= 15 is 0 Å². The van der Waals surface area contributed by atoms with E-state index < -0.39 is 0 Å². The molecule has 0 unspecified atom stereocenters. The van der Waals surface area contributed by atoms with Crippen molar-refractivity contribution in [2.24, 2.45) is 10.9 Å². The molecular weight excluding hydrogens is 340 g/mol. The lowest BCUT2D eigenvalue weighted by Crippen LogP contribution is -2.39. The van der Waals surface area contributed by atoms with Crippen LogP contribution in [0.5, 0.6) is 5.75 Å². The lowest BCUT2D eigenvalue weighted by molar-refractivity contribution is 0.0322. The lowest BCUT2D eigenvalue weighted by atomic mass is 10.1. The van der Waals surface area contributed by atoms with Gasteiger partial charge in [-0.25, -0.2) is 0 Å². The quantitative estimate of drug-likeness (QED) is 0.373. The van der Waals surface area contributed by atoms with Crippen molar-refractivity contribution < 1.29 is 9.47 Å². The Balaban J connectivity index is 1.74. The molecule has 27 heavy (non-hydrogen) atoms. The van der Waals surface area contributed by atoms with Gasteiger partial charge in [0.05, 0.1) is 13.2 Å². The summed E-state index contributed by atoms with van der Waals surface area (Å²) in [4.78, 5) is 6.69. The number of nitrogens with one attached hydrogen (secondary N) is 2. The number of para-hydroxylation sites is 1. The number of hydrogen-bond donors (Lipinski definition) is 2. The average molecular weight is 377 g/mol. The minimum Gasteiger partial charge on any atom is -0.492 e. The average Bonchev–Trinajstić information content (AvgIpc) is 2.69. The van der Waals surface area contributed by atoms with E-state index in [1.165, 1.54) is 6.42 Å². The Labute approximate surface area is 164 Å². The second-order valence-corrected chi connectivity index (χ2v) is 7.30. The first kappa shape index (κ1) is 21.5. The molecule has 1 aromatic carbocycles. The number of benzene rings is 1. The van der Waals surface area contributed by atoms with Crippen LogP contribution in [0.25, 0.3) is 0 Å². The Morgan fingerprint density at radius 2 is 2.00 bits per heavy atom. The molecule has 1 heterocycles. The Morgan fingerprint density at radius 1 is 1.22 bits per heavy atom. The van der Waals surface area contributed by atoms with Crippen molar-refractivity contribution in [3.05, 3.63) is 29.8 Å². The predicted octanol–water partition coefficient (Wildman–Crippen LogP) is 2.50. The maximum absolute atomic E-state index is 6.05. The molecule has 1 aliphatic rings. The summed E-state index contributed by atoms with van der Waals surface area (Å²) in [6.45, 7) is 11.4. The molecule has 1 saturated heterocycles. The second-order valence-electron chi connectivity index (χ2n) is 7.30. The molecule has 152 valence electrons. The van der Waals surface area contributed by atoms with Gasteiger partial charge in [-0.05, 0) is 24.8 Å². The molecule has 2 rings (SSSR count). The number of nitrogens with zero attached hydrogens (tertiary/aromatic N) is 2. The van der Waals surface area contributed by atoms with Crippen LogP contribution in [0.4, 0.5) is 0 Å². The summed E-state index contributed by atoms with van der Waals surface area (Å²) in [6.07, 6.45) is 2.38. The molecule has 0 bridgehead atoms. The maximum Gasteiger partial charge on any atom is 0.191 e. The van der Waals surface area contributed by atoms with Gasteiger partial charge in [-0.15, -0.1) is 0 Å². The highest BCUT2D eigenvalue weighted by atomic mass is 16.5. The van der Waals surface area contributed by atoms with Crippen molar-refractivity contribution in [3.8, 4) is 5.75 Å². The standard InChI is InChI=1S/C21H36N4O2/c1-18(2)7-6-10-23-21(22-3)24-17-19-8-4-5-9-20(19)27-16-13-25-11-14-26-15-12-25/h4-5,8-9,18H,6-7,10-17H2,1-3H3,(H2,22,23,24). The highest BCUT2D eigenvalue weighted by Gasteiger charge is 2.10. The van der Waals surface area contributed by atoms with Crippen LogP contribution in [0.1, 0.15) is 32.3 Å². The van der Waals surface area contributed by atoms with E-state index in [1.807, 2.05) is 25.2 Å². The van der Waals surface area contributed by atoms with Gasteiger partial charge in [0.15, 0.2) is 5.96 Å². The second kappa shape index (κ2) is 12.6. The van der Waals surface area contributed by atoms with Gasteiger partial charge in [-0.2, -0.15) is 0 Å². The van der Waals surface area contributed by atoms with Crippen molar-refractivity contribution in [2.45, 2.75) is 33.2 Å². The zero-order valence-electron chi connectivity index (χ0n) is 17.2. The molecule has 0 aliphatic carbocycles. The molecule has 0 saturated carbocycles. The first-order valence-electron chi connectivity index (χ1n) is 10.1. The highest BCUT2D eigenvalue weighted by Crippen LogP contribution is 2.17. The van der Waals surface area contributed by atoms with E-state index in [-0.39, 0.29) is 0 Å². The van der Waals surface area contributed by atoms with Crippen LogP contribution in [0.3, 0.4) is 0 Å². The minimum absolute atomic E-state index is 0.692. The highest BCUT2D eigenvalue weighted by molar-refractivity contribution is 5.79. The van der Waals surface area contributed by atoms with Crippen LogP contribution in [0.15, 0.2) is 29.3 Å². The van der Waals surface area contributed by atoms with E-state index in [9.17, 15) is 0 Å². The maximum atomic E-state index is 6.05. The monoisotopic (exact) mass is 376 g/mol. The molecule has 1 aromatic rings. The molecule has 0 amide bonds. The third-order valence-corrected chi connectivity index (χ3v) is 4.66. The lowest BCUT2D eigenvalue weighted by Gasteiger charge is -2.26. The molecular formula is C21H36N4O2. The number of guanidine groups is 1. The first-order chi connectivity index (χ1) is 13.2. The van der Waals surface area contributed by atoms with E-state index in [0.29, 0.717) is 13.2 Å². The minimum atomic E-state index is 0.692. The van der Waals surface area contributed by atoms with Gasteiger partial charge in [0.2, 0.25) is 0 Å². The van der Waals surface area contributed by atoms with Gasteiger partial charge < -0.3 is 20.1 Å². The zero-order chi connectivity index (χ0) is 19.3. The van der Waals surface area contributed by atoms with E-state index in [1.54, 1.807) is 0 Å². The molecule has 1 aliphatic heterocycles. The Bertz CT molecular complexity index is 557. The van der Waals surface area contributed by atoms with Gasteiger partial charge in [-0.1, -0.05) is 32.0 Å². The molecule has 1 fully saturated rings. The fourth-order valence-electron chi connectivity index (χ4n) is 3.02. The fourth-order valence-corrected chi connectivity index (χ4v) is 3.02. The molecule has 6 nitrogen and oxygen atoms in total. The molecule has 0 aromatic heterocycles. The largest absolute Gasteiger partial charge is 0.492 e. The summed E-state index contributed by atoms with van der Waals surface area (Å²) in [7, 11) is 1.81. The van der Waals surface area contributed by atoms with Gasteiger partial charge in [0.25, 0.3) is 0 Å². The van der Waals surface area contributed by atoms with Gasteiger partial charge in [0, 0.05) is 45.3 Å². The SMILES string of the molecule is CN=C(NCCCC(C)C)NCc1ccccc1OCCN1CCOCC1. The van der Waals surface area contributed by atoms with Gasteiger partial charge in [-0.3, -0.25) is 9.89 Å². The van der Waals surface area contributed by atoms with Crippen molar-refractivity contribution in [1.29, 1.82) is 0 Å². The fraction of sp³-hybridized carbons (Fsp3) is 0.667. The molecule has 0 atom stereocenters. The summed E-state index contributed by atoms with van der Waals surface area (Å²) in [5.41, 5.74) is 1.14. The molecule has 0 spiro atoms. The van der Waals surface area contributed by atoms with Crippen molar-refractivity contribution >= 4 is 5.96 Å². The number of ether oxygens (including phenoxy) is 2. The van der Waals surface area contributed by atoms with Crippen LogP contribution < -0.4 is 15.4 Å². The van der Waals surface area contributed by atoms with E-state index in [0.717, 1.165) is 69.0 Å². The Kier molecular flexibility index (Phi) is 10.0. The Hall–Kier alpha value is -1.79. The van der Waals surface area contributed by atoms with Crippen LogP contribution in [-0.2, 0) is 11.3 Å².